The van der Waals surface area contributed by atoms with Gasteiger partial charge in [0.1, 0.15) is 38.1 Å². The summed E-state index contributed by atoms with van der Waals surface area (Å²) in [7, 11) is -10.2. The molecule has 1 N–H and O–H groups in total. The molecule has 0 spiro atoms. The van der Waals surface area contributed by atoms with E-state index in [-0.39, 0.29) is 12.2 Å². The molecule has 1 fully saturated rings. The topological polar surface area (TPSA) is 188 Å². The van der Waals surface area contributed by atoms with Crippen LogP contribution in [0.3, 0.4) is 0 Å². The molecule has 1 aliphatic rings. The van der Waals surface area contributed by atoms with Gasteiger partial charge in [0.05, 0.1) is 18.8 Å². The van der Waals surface area contributed by atoms with Crippen molar-refractivity contribution in [2.75, 3.05) is 33.0 Å². The largest absolute Gasteiger partial charge is 0.453 e. The van der Waals surface area contributed by atoms with Gasteiger partial charge in [0, 0.05) is 0 Å². The van der Waals surface area contributed by atoms with Gasteiger partial charge in [-0.25, -0.2) is 26.3 Å². The Morgan fingerprint density at radius 2 is 1.37 bits per heavy atom. The van der Waals surface area contributed by atoms with Crippen LogP contribution in [0.2, 0.25) is 0 Å². The summed E-state index contributed by atoms with van der Waals surface area (Å²) in [5.41, 5.74) is -0.0698. The molecular formula is C23H24Cl9NO14S2. The van der Waals surface area contributed by atoms with Gasteiger partial charge in [-0.05, 0) is 12.1 Å². The van der Waals surface area contributed by atoms with Crippen LogP contribution in [0, 0.1) is 0 Å². The first-order chi connectivity index (χ1) is 22.4. The van der Waals surface area contributed by atoms with Crippen molar-refractivity contribution in [2.45, 2.75) is 42.0 Å². The Kier molecular flexibility index (Phi) is 17.8. The van der Waals surface area contributed by atoms with Gasteiger partial charge >= 0.3 is 32.9 Å². The van der Waals surface area contributed by atoms with Crippen molar-refractivity contribution in [3.63, 3.8) is 0 Å². The number of carbonyl (C=O) groups is 2. The Labute approximate surface area is 326 Å². The van der Waals surface area contributed by atoms with Crippen LogP contribution in [0.5, 0.6) is 0 Å². The predicted molar refractivity (Wildman–Crippen MR) is 180 cm³/mol. The van der Waals surface area contributed by atoms with Crippen LogP contribution in [0.25, 0.3) is 0 Å². The molecule has 2 rings (SSSR count). The fraction of sp³-hybridized carbons (Fsp3) is 0.565. The normalized spacial score (nSPS) is 22.3. The molecule has 0 radical (unpaired) electrons. The highest BCUT2D eigenvalue weighted by Gasteiger charge is 2.53. The summed E-state index contributed by atoms with van der Waals surface area (Å²) < 4.78 is 85.2. The third-order valence-electron chi connectivity index (χ3n) is 5.27. The van der Waals surface area contributed by atoms with E-state index < -0.39 is 101 Å². The molecule has 1 aromatic rings. The van der Waals surface area contributed by atoms with Crippen molar-refractivity contribution in [3.8, 4) is 0 Å². The lowest BCUT2D eigenvalue weighted by atomic mass is 9.96. The average Bonchev–Trinajstić information content (AvgIpc) is 2.98. The third kappa shape index (κ3) is 18.0. The lowest BCUT2D eigenvalue weighted by molar-refractivity contribution is -0.260. The molecule has 0 aromatic heterocycles. The fourth-order valence-electron chi connectivity index (χ4n) is 3.47. The van der Waals surface area contributed by atoms with Crippen LogP contribution in [-0.2, 0) is 56.5 Å². The number of carbonyl (C=O) groups excluding carboxylic acids is 2. The molecule has 1 aromatic carbocycles. The van der Waals surface area contributed by atoms with Crippen LogP contribution < -0.4 is 5.32 Å². The number of esters is 1. The first-order valence-electron chi connectivity index (χ1n) is 12.8. The summed E-state index contributed by atoms with van der Waals surface area (Å²) in [6.07, 6.45) is -7.84. The quantitative estimate of drug-likeness (QED) is 0.128. The molecule has 1 aliphatic heterocycles. The molecule has 0 saturated carbocycles. The zero-order valence-corrected chi connectivity index (χ0v) is 32.5. The number of rotatable bonds is 16. The van der Waals surface area contributed by atoms with Crippen LogP contribution in [0.1, 0.15) is 10.4 Å². The zero-order chi connectivity index (χ0) is 37.3. The summed E-state index contributed by atoms with van der Waals surface area (Å²) in [4.78, 5) is 26.1. The number of hydrogen-bond acceptors (Lipinski definition) is 14. The Morgan fingerprint density at radius 1 is 0.816 bits per heavy atom. The van der Waals surface area contributed by atoms with E-state index in [4.69, 9.17) is 132 Å². The molecule has 49 heavy (non-hydrogen) atoms. The Balaban J connectivity index is 2.63. The van der Waals surface area contributed by atoms with Crippen molar-refractivity contribution in [1.82, 2.24) is 5.32 Å². The van der Waals surface area contributed by atoms with E-state index in [1.165, 1.54) is 30.3 Å². The highest BCUT2D eigenvalue weighted by molar-refractivity contribution is 7.82. The minimum Gasteiger partial charge on any atom is -0.453 e. The Bertz CT molecular complexity index is 1470. The van der Waals surface area contributed by atoms with Crippen molar-refractivity contribution < 1.29 is 62.1 Å². The highest BCUT2D eigenvalue weighted by atomic mass is 35.6. The molecule has 0 aliphatic carbocycles. The highest BCUT2D eigenvalue weighted by Crippen LogP contribution is 2.33. The van der Waals surface area contributed by atoms with Crippen LogP contribution in [-0.4, -0.2) is 104 Å². The summed E-state index contributed by atoms with van der Waals surface area (Å²) in [5, 5.41) is 2.25. The second-order valence-corrected chi connectivity index (χ2v) is 19.3. The van der Waals surface area contributed by atoms with E-state index in [1.54, 1.807) is 6.07 Å². The molecule has 1 heterocycles. The molecule has 0 bridgehead atoms. The summed E-state index contributed by atoms with van der Waals surface area (Å²) in [6, 6.07) is 5.45. The first kappa shape index (κ1) is 45.1. The minimum absolute atomic E-state index is 0.0698. The molecule has 26 heteroatoms. The van der Waals surface area contributed by atoms with Gasteiger partial charge in [-0.2, -0.15) is 16.8 Å². The lowest BCUT2D eigenvalue weighted by Gasteiger charge is -2.44. The number of ether oxygens (including phenoxy) is 4. The molecule has 280 valence electrons. The molecule has 15 nitrogen and oxygen atoms in total. The van der Waals surface area contributed by atoms with Gasteiger partial charge in [-0.3, -0.25) is 0 Å². The Morgan fingerprint density at radius 3 is 1.90 bits per heavy atom. The van der Waals surface area contributed by atoms with Crippen molar-refractivity contribution in [3.05, 3.63) is 48.6 Å². The predicted octanol–water partition coefficient (Wildman–Crippen LogP) is 5.27. The standard InChI is InChI=1S/C23H24Cl9NO14S2/c1-2-8-40-19-15(33-20(35)41-10-21(24,25)26)17(46-18(34)13-6-4-3-5-7-13)16(47-49(38,39)44-12-23(30,31)32)14(45-19)9-42-48(36,37)43-11-22(27,28)29/h2-7,14-17,19H,1,8-12H2,(H,33,35)/t14-,15-,16-,17-,19+/m1/s1. The van der Waals surface area contributed by atoms with Gasteiger partial charge in [0.15, 0.2) is 12.4 Å². The van der Waals surface area contributed by atoms with E-state index in [1.807, 2.05) is 0 Å². The van der Waals surface area contributed by atoms with Gasteiger partial charge in [-0.15, -0.1) is 6.58 Å². The van der Waals surface area contributed by atoms with E-state index >= 15 is 0 Å². The number of halogens is 9. The summed E-state index contributed by atoms with van der Waals surface area (Å²) >= 11 is 50.3. The van der Waals surface area contributed by atoms with E-state index in [2.05, 4.69) is 20.3 Å². The average molecular weight is 922 g/mol. The number of hydrogen-bond donors (Lipinski definition) is 1. The molecular weight excluding hydrogens is 897 g/mol. The molecule has 5 atom stereocenters. The minimum atomic E-state index is -5.25. The number of alkyl halides is 9. The van der Waals surface area contributed by atoms with Crippen LogP contribution in [0.4, 0.5) is 4.79 Å². The number of nitrogens with one attached hydrogen (secondary N) is 1. The first-order valence-corrected chi connectivity index (χ1v) is 18.9. The van der Waals surface area contributed by atoms with E-state index in [9.17, 15) is 26.4 Å². The van der Waals surface area contributed by atoms with E-state index in [0.717, 1.165) is 0 Å². The molecule has 1 saturated heterocycles. The second-order valence-electron chi connectivity index (χ2n) is 9.18. The Hall–Kier alpha value is -0.0300. The van der Waals surface area contributed by atoms with E-state index in [0.29, 0.717) is 0 Å². The van der Waals surface area contributed by atoms with Crippen molar-refractivity contribution in [1.29, 1.82) is 0 Å². The van der Waals surface area contributed by atoms with Gasteiger partial charge < -0.3 is 24.3 Å². The number of alkyl carbamates (subject to hydrolysis) is 1. The second kappa shape index (κ2) is 19.3. The van der Waals surface area contributed by atoms with Crippen molar-refractivity contribution >= 4 is 137 Å². The number of benzene rings is 1. The SMILES string of the molecule is C=CCO[C@H]1O[C@H](COS(=O)(=O)OCC(Cl)(Cl)Cl)[C@@H](OS(=O)(=O)OCC(Cl)(Cl)Cl)[C@H](OC(=O)c2ccccc2)[C@H]1NC(=O)OCC(Cl)(Cl)Cl. The zero-order valence-electron chi connectivity index (χ0n) is 24.0. The van der Waals surface area contributed by atoms with Gasteiger partial charge in [0.2, 0.25) is 11.4 Å². The smallest absolute Gasteiger partial charge is 0.407 e. The summed E-state index contributed by atoms with van der Waals surface area (Å²) in [6.45, 7) is -0.831. The number of amides is 1. The molecule has 1 amide bonds. The lowest BCUT2D eigenvalue weighted by Crippen LogP contribution is -2.67. The molecule has 0 unspecified atom stereocenters. The fourth-order valence-corrected chi connectivity index (χ4v) is 5.92. The van der Waals surface area contributed by atoms with Crippen LogP contribution in [0.15, 0.2) is 43.0 Å². The monoisotopic (exact) mass is 917 g/mol. The van der Waals surface area contributed by atoms with Gasteiger partial charge in [0.25, 0.3) is 0 Å². The van der Waals surface area contributed by atoms with Gasteiger partial charge in [-0.1, -0.05) is 129 Å². The maximum Gasteiger partial charge on any atom is 0.407 e. The van der Waals surface area contributed by atoms with Crippen LogP contribution >= 0.6 is 104 Å². The maximum atomic E-state index is 13.3. The summed E-state index contributed by atoms with van der Waals surface area (Å²) in [5.74, 6) is -1.11. The van der Waals surface area contributed by atoms with Crippen molar-refractivity contribution in [2.24, 2.45) is 0 Å². The third-order valence-corrected chi connectivity index (χ3v) is 7.95. The maximum absolute atomic E-state index is 13.3.